The van der Waals surface area contributed by atoms with E-state index < -0.39 is 18.0 Å². The average Bonchev–Trinajstić information content (AvgIpc) is 2.27. The summed E-state index contributed by atoms with van der Waals surface area (Å²) < 4.78 is 12.8. The maximum Gasteiger partial charge on any atom is 0.216 e. The van der Waals surface area contributed by atoms with Gasteiger partial charge in [-0.05, 0) is 18.6 Å². The number of rotatable bonds is 5. The quantitative estimate of drug-likeness (QED) is 0.761. The topological polar surface area (TPSA) is 69.6 Å². The van der Waals surface area contributed by atoms with Crippen molar-refractivity contribution in [2.24, 2.45) is 0 Å². The van der Waals surface area contributed by atoms with E-state index in [4.69, 9.17) is 11.6 Å². The molecule has 0 spiro atoms. The van der Waals surface area contributed by atoms with Crippen molar-refractivity contribution in [3.63, 3.8) is 0 Å². The molecule has 0 saturated carbocycles. The van der Waals surface area contributed by atoms with Crippen LogP contribution in [0.25, 0.3) is 0 Å². The van der Waals surface area contributed by atoms with Crippen LogP contribution in [0.1, 0.15) is 25.0 Å². The Balaban J connectivity index is 2.62. The molecule has 0 aliphatic rings. The van der Waals surface area contributed by atoms with E-state index in [0.717, 1.165) is 12.1 Å². The number of aliphatic hydroxyl groups is 2. The highest BCUT2D eigenvalue weighted by Gasteiger charge is 2.20. The molecule has 2 atom stereocenters. The highest BCUT2D eigenvalue weighted by atomic mass is 35.5. The summed E-state index contributed by atoms with van der Waals surface area (Å²) in [7, 11) is 0. The smallest absolute Gasteiger partial charge is 0.216 e. The van der Waals surface area contributed by atoms with Gasteiger partial charge in [-0.1, -0.05) is 17.7 Å². The summed E-state index contributed by atoms with van der Waals surface area (Å²) >= 11 is 5.77. The number of amides is 1. The monoisotopic (exact) mass is 275 g/mol. The summed E-state index contributed by atoms with van der Waals surface area (Å²) in [5.41, 5.74) is 0.258. The van der Waals surface area contributed by atoms with Gasteiger partial charge in [0.2, 0.25) is 5.91 Å². The van der Waals surface area contributed by atoms with E-state index >= 15 is 0 Å². The molecule has 0 aromatic heterocycles. The number of benzene rings is 1. The standard InChI is InChI=1S/C12H15ClFNO3/c1-7(16)15-5-4-11(17)12(18)9-3-2-8(14)6-10(9)13/h2-3,6,11-12,17-18H,4-5H2,1H3,(H,15,16). The lowest BCUT2D eigenvalue weighted by Crippen LogP contribution is -2.27. The zero-order valence-corrected chi connectivity index (χ0v) is 10.6. The summed E-state index contributed by atoms with van der Waals surface area (Å²) in [5, 5.41) is 22.1. The van der Waals surface area contributed by atoms with Crippen molar-refractivity contribution in [1.82, 2.24) is 5.32 Å². The molecule has 0 heterocycles. The van der Waals surface area contributed by atoms with Crippen molar-refractivity contribution in [3.05, 3.63) is 34.6 Å². The van der Waals surface area contributed by atoms with Crippen LogP contribution in [0.15, 0.2) is 18.2 Å². The Bertz CT molecular complexity index is 428. The molecule has 1 amide bonds. The Morgan fingerprint density at radius 1 is 1.50 bits per heavy atom. The first kappa shape index (κ1) is 14.9. The molecule has 1 rings (SSSR count). The molecule has 1 aromatic carbocycles. The van der Waals surface area contributed by atoms with Crippen molar-refractivity contribution < 1.29 is 19.4 Å². The molecule has 0 bridgehead atoms. The van der Waals surface area contributed by atoms with Crippen LogP contribution < -0.4 is 5.32 Å². The molecule has 0 fully saturated rings. The third kappa shape index (κ3) is 4.25. The summed E-state index contributed by atoms with van der Waals surface area (Å²) in [6, 6.07) is 3.55. The maximum atomic E-state index is 12.8. The molecule has 1 aromatic rings. The van der Waals surface area contributed by atoms with Gasteiger partial charge in [-0.15, -0.1) is 0 Å². The molecule has 6 heteroatoms. The van der Waals surface area contributed by atoms with Crippen LogP contribution in [0.5, 0.6) is 0 Å². The Morgan fingerprint density at radius 2 is 2.17 bits per heavy atom. The van der Waals surface area contributed by atoms with Crippen molar-refractivity contribution >= 4 is 17.5 Å². The number of hydrogen-bond acceptors (Lipinski definition) is 3. The Hall–Kier alpha value is -1.17. The van der Waals surface area contributed by atoms with Crippen molar-refractivity contribution in [3.8, 4) is 0 Å². The molecular weight excluding hydrogens is 261 g/mol. The summed E-state index contributed by atoms with van der Waals surface area (Å²) in [5.74, 6) is -0.722. The van der Waals surface area contributed by atoms with Gasteiger partial charge in [0.1, 0.15) is 11.9 Å². The number of nitrogens with one attached hydrogen (secondary N) is 1. The van der Waals surface area contributed by atoms with E-state index in [1.54, 1.807) is 0 Å². The van der Waals surface area contributed by atoms with Gasteiger partial charge in [0.25, 0.3) is 0 Å². The SMILES string of the molecule is CC(=O)NCCC(O)C(O)c1ccc(F)cc1Cl. The summed E-state index contributed by atoms with van der Waals surface area (Å²) in [4.78, 5) is 10.6. The Kier molecular flexibility index (Phi) is 5.53. The molecule has 0 saturated heterocycles. The fourth-order valence-electron chi connectivity index (χ4n) is 1.50. The minimum Gasteiger partial charge on any atom is -0.390 e. The second kappa shape index (κ2) is 6.68. The second-order valence-electron chi connectivity index (χ2n) is 3.95. The number of carbonyl (C=O) groups excluding carboxylic acids is 1. The van der Waals surface area contributed by atoms with Crippen molar-refractivity contribution in [1.29, 1.82) is 0 Å². The van der Waals surface area contributed by atoms with E-state index in [1.807, 2.05) is 0 Å². The maximum absolute atomic E-state index is 12.8. The van der Waals surface area contributed by atoms with Crippen LogP contribution >= 0.6 is 11.6 Å². The number of hydrogen-bond donors (Lipinski definition) is 3. The predicted octanol–water partition coefficient (Wildman–Crippen LogP) is 1.40. The molecule has 3 N–H and O–H groups in total. The molecule has 4 nitrogen and oxygen atoms in total. The highest BCUT2D eigenvalue weighted by molar-refractivity contribution is 6.31. The van der Waals surface area contributed by atoms with Gasteiger partial charge < -0.3 is 15.5 Å². The van der Waals surface area contributed by atoms with E-state index in [-0.39, 0.29) is 29.5 Å². The molecule has 0 aliphatic carbocycles. The third-order valence-corrected chi connectivity index (χ3v) is 2.79. The van der Waals surface area contributed by atoms with E-state index in [1.165, 1.54) is 13.0 Å². The van der Waals surface area contributed by atoms with Gasteiger partial charge in [-0.25, -0.2) is 4.39 Å². The van der Waals surface area contributed by atoms with Crippen LogP contribution in [-0.2, 0) is 4.79 Å². The van der Waals surface area contributed by atoms with Crippen LogP contribution in [0.3, 0.4) is 0 Å². The van der Waals surface area contributed by atoms with Crippen LogP contribution in [0.4, 0.5) is 4.39 Å². The highest BCUT2D eigenvalue weighted by Crippen LogP contribution is 2.26. The molecule has 0 radical (unpaired) electrons. The summed E-state index contributed by atoms with van der Waals surface area (Å²) in [6.07, 6.45) is -2.12. The van der Waals surface area contributed by atoms with E-state index in [0.29, 0.717) is 0 Å². The molecule has 0 aliphatic heterocycles. The van der Waals surface area contributed by atoms with Crippen LogP contribution in [0, 0.1) is 5.82 Å². The van der Waals surface area contributed by atoms with Crippen molar-refractivity contribution in [2.75, 3.05) is 6.54 Å². The van der Waals surface area contributed by atoms with Gasteiger partial charge in [-0.2, -0.15) is 0 Å². The lowest BCUT2D eigenvalue weighted by Gasteiger charge is -2.19. The minimum absolute atomic E-state index is 0.0566. The van der Waals surface area contributed by atoms with E-state index in [9.17, 15) is 19.4 Å². The lowest BCUT2D eigenvalue weighted by atomic mass is 10.0. The molecule has 2 unspecified atom stereocenters. The fraction of sp³-hybridized carbons (Fsp3) is 0.417. The molecule has 18 heavy (non-hydrogen) atoms. The lowest BCUT2D eigenvalue weighted by molar-refractivity contribution is -0.119. The zero-order valence-electron chi connectivity index (χ0n) is 9.86. The fourth-order valence-corrected chi connectivity index (χ4v) is 1.78. The molecular formula is C12H15ClFNO3. The predicted molar refractivity (Wildman–Crippen MR) is 65.7 cm³/mol. The van der Waals surface area contributed by atoms with Crippen LogP contribution in [0.2, 0.25) is 5.02 Å². The Morgan fingerprint density at radius 3 is 2.72 bits per heavy atom. The summed E-state index contributed by atoms with van der Waals surface area (Å²) in [6.45, 7) is 1.60. The van der Waals surface area contributed by atoms with Gasteiger partial charge in [0.05, 0.1) is 6.10 Å². The van der Waals surface area contributed by atoms with Gasteiger partial charge in [0.15, 0.2) is 0 Å². The average molecular weight is 276 g/mol. The largest absolute Gasteiger partial charge is 0.390 e. The normalized spacial score (nSPS) is 14.1. The Labute approximate surface area is 109 Å². The first-order valence-corrected chi connectivity index (χ1v) is 5.85. The second-order valence-corrected chi connectivity index (χ2v) is 4.36. The van der Waals surface area contributed by atoms with Gasteiger partial charge in [-0.3, -0.25) is 4.79 Å². The zero-order chi connectivity index (χ0) is 13.7. The third-order valence-electron chi connectivity index (χ3n) is 2.46. The number of aliphatic hydroxyl groups excluding tert-OH is 2. The first-order valence-electron chi connectivity index (χ1n) is 5.47. The van der Waals surface area contributed by atoms with Gasteiger partial charge in [0, 0.05) is 24.1 Å². The minimum atomic E-state index is -1.22. The first-order chi connectivity index (χ1) is 8.41. The van der Waals surface area contributed by atoms with Gasteiger partial charge >= 0.3 is 0 Å². The van der Waals surface area contributed by atoms with Crippen LogP contribution in [-0.4, -0.2) is 28.8 Å². The molecule has 100 valence electrons. The number of halogens is 2. The van der Waals surface area contributed by atoms with E-state index in [2.05, 4.69) is 5.32 Å². The number of carbonyl (C=O) groups is 1. The van der Waals surface area contributed by atoms with Crippen molar-refractivity contribution in [2.45, 2.75) is 25.6 Å².